The molecule has 0 unspecified atom stereocenters. The highest BCUT2D eigenvalue weighted by atomic mass is 14.9. The van der Waals surface area contributed by atoms with E-state index in [1.807, 2.05) is 48.8 Å². The molecule has 292 valence electrons. The van der Waals surface area contributed by atoms with E-state index in [1.165, 1.54) is 33.4 Å². The molecule has 0 fully saturated rings. The monoisotopic (exact) mass is 800 g/mol. The molecule has 0 saturated heterocycles. The van der Waals surface area contributed by atoms with Gasteiger partial charge in [-0.05, 0) is 121 Å². The van der Waals surface area contributed by atoms with Gasteiger partial charge in [-0.1, -0.05) is 158 Å². The lowest BCUT2D eigenvalue weighted by Crippen LogP contribution is -2.26. The van der Waals surface area contributed by atoms with E-state index in [9.17, 15) is 5.26 Å². The molecule has 10 aromatic rings. The topological polar surface area (TPSA) is 62.5 Å². The van der Waals surface area contributed by atoms with E-state index in [0.29, 0.717) is 11.4 Å². The van der Waals surface area contributed by atoms with Crippen LogP contribution in [0.5, 0.6) is 0 Å². The highest BCUT2D eigenvalue weighted by Gasteiger charge is 2.51. The molecule has 2 aromatic heterocycles. The zero-order valence-electron chi connectivity index (χ0n) is 34.1. The van der Waals surface area contributed by atoms with Crippen molar-refractivity contribution in [3.05, 3.63) is 246 Å². The summed E-state index contributed by atoms with van der Waals surface area (Å²) in [5.41, 5.74) is 20.8. The minimum Gasteiger partial charge on any atom is -0.264 e. The van der Waals surface area contributed by atoms with Crippen LogP contribution < -0.4 is 0 Å². The Morgan fingerprint density at radius 2 is 0.857 bits per heavy atom. The largest absolute Gasteiger partial charge is 0.264 e. The van der Waals surface area contributed by atoms with Gasteiger partial charge in [0.2, 0.25) is 0 Å². The summed E-state index contributed by atoms with van der Waals surface area (Å²) in [6, 6.07) is 75.3. The van der Waals surface area contributed by atoms with Gasteiger partial charge in [0.25, 0.3) is 0 Å². The van der Waals surface area contributed by atoms with Crippen LogP contribution in [0.2, 0.25) is 0 Å². The molecule has 0 amide bonds. The van der Waals surface area contributed by atoms with E-state index in [-0.39, 0.29) is 0 Å². The first-order chi connectivity index (χ1) is 31.2. The van der Waals surface area contributed by atoms with Crippen LogP contribution in [-0.2, 0) is 5.41 Å². The van der Waals surface area contributed by atoms with E-state index in [0.717, 1.165) is 72.6 Å². The molecular formula is C59H36N4. The Bertz CT molecular complexity index is 3400. The van der Waals surface area contributed by atoms with E-state index in [1.54, 1.807) is 0 Å². The predicted molar refractivity (Wildman–Crippen MR) is 253 cm³/mol. The van der Waals surface area contributed by atoms with Gasteiger partial charge in [0.1, 0.15) is 0 Å². The summed E-state index contributed by atoms with van der Waals surface area (Å²) in [6.45, 7) is 0. The van der Waals surface area contributed by atoms with Gasteiger partial charge in [-0.2, -0.15) is 5.26 Å². The molecule has 0 bridgehead atoms. The first kappa shape index (κ1) is 36.3. The second kappa shape index (κ2) is 14.6. The zero-order valence-corrected chi connectivity index (χ0v) is 34.1. The normalized spacial score (nSPS) is 12.6. The van der Waals surface area contributed by atoms with Crippen molar-refractivity contribution in [2.24, 2.45) is 0 Å². The second-order valence-corrected chi connectivity index (χ2v) is 16.3. The maximum absolute atomic E-state index is 10.2. The predicted octanol–water partition coefficient (Wildman–Crippen LogP) is 14.1. The molecule has 2 aliphatic carbocycles. The molecule has 2 aliphatic rings. The Kier molecular flexibility index (Phi) is 8.42. The molecule has 0 atom stereocenters. The molecule has 0 N–H and O–H groups in total. The number of aromatic nitrogens is 3. The van der Waals surface area contributed by atoms with Gasteiger partial charge in [-0.25, -0.2) is 9.97 Å². The van der Waals surface area contributed by atoms with Gasteiger partial charge in [-0.15, -0.1) is 0 Å². The fourth-order valence-corrected chi connectivity index (χ4v) is 9.95. The van der Waals surface area contributed by atoms with Crippen molar-refractivity contribution in [1.82, 2.24) is 15.0 Å². The second-order valence-electron chi connectivity index (χ2n) is 16.3. The van der Waals surface area contributed by atoms with Gasteiger partial charge in [-0.3, -0.25) is 4.98 Å². The van der Waals surface area contributed by atoms with Crippen LogP contribution in [0, 0.1) is 11.3 Å². The fraction of sp³-hybridized carbons (Fsp3) is 0.0169. The Balaban J connectivity index is 1.07. The van der Waals surface area contributed by atoms with Crippen LogP contribution in [0.1, 0.15) is 27.8 Å². The number of nitrogens with zero attached hydrogens (tertiary/aromatic N) is 4. The molecule has 0 radical (unpaired) electrons. The van der Waals surface area contributed by atoms with Crippen molar-refractivity contribution < 1.29 is 0 Å². The van der Waals surface area contributed by atoms with E-state index in [4.69, 9.17) is 9.97 Å². The quantitative estimate of drug-likeness (QED) is 0.168. The summed E-state index contributed by atoms with van der Waals surface area (Å²) < 4.78 is 0. The van der Waals surface area contributed by atoms with Gasteiger partial charge in [0.05, 0.1) is 28.4 Å². The number of hydrogen-bond acceptors (Lipinski definition) is 4. The Morgan fingerprint density at radius 1 is 0.349 bits per heavy atom. The van der Waals surface area contributed by atoms with Crippen LogP contribution in [-0.4, -0.2) is 15.0 Å². The van der Waals surface area contributed by atoms with Crippen LogP contribution in [0.25, 0.3) is 89.5 Å². The lowest BCUT2D eigenvalue weighted by atomic mass is 9.70. The molecule has 63 heavy (non-hydrogen) atoms. The van der Waals surface area contributed by atoms with Crippen molar-refractivity contribution in [2.45, 2.75) is 5.41 Å². The Labute approximate surface area is 366 Å². The number of benzene rings is 8. The average molecular weight is 801 g/mol. The standard InChI is InChI=1S/C59H36N4/c60-36-38-21-27-50-51-28-26-43(34-55(51)59(54(50)30-38)52-19-9-7-17-48(52)49-18-8-10-20-53(49)59)45-31-46(44-16-11-29-61-37-44)33-47(32-45)57-35-56(41-14-5-2-6-15-41)62-58(63-57)42-24-22-40(23-25-42)39-12-3-1-4-13-39/h1-35,37H. The van der Waals surface area contributed by atoms with Crippen LogP contribution >= 0.6 is 0 Å². The van der Waals surface area contributed by atoms with Gasteiger partial charge < -0.3 is 0 Å². The summed E-state index contributed by atoms with van der Waals surface area (Å²) in [6.07, 6.45) is 3.73. The summed E-state index contributed by atoms with van der Waals surface area (Å²) in [5, 5.41) is 10.2. The molecule has 0 saturated carbocycles. The lowest BCUT2D eigenvalue weighted by Gasteiger charge is -2.30. The maximum atomic E-state index is 10.2. The van der Waals surface area contributed by atoms with Gasteiger partial charge >= 0.3 is 0 Å². The summed E-state index contributed by atoms with van der Waals surface area (Å²) in [4.78, 5) is 15.0. The van der Waals surface area contributed by atoms with Crippen LogP contribution in [0.4, 0.5) is 0 Å². The number of fused-ring (bicyclic) bond motifs is 10. The molecule has 2 heterocycles. The smallest absolute Gasteiger partial charge is 0.160 e. The van der Waals surface area contributed by atoms with E-state index >= 15 is 0 Å². The van der Waals surface area contributed by atoms with Crippen molar-refractivity contribution in [3.63, 3.8) is 0 Å². The summed E-state index contributed by atoms with van der Waals surface area (Å²) in [7, 11) is 0. The highest BCUT2D eigenvalue weighted by Crippen LogP contribution is 2.63. The first-order valence-corrected chi connectivity index (χ1v) is 21.2. The van der Waals surface area contributed by atoms with Crippen molar-refractivity contribution in [1.29, 1.82) is 5.26 Å². The minimum absolute atomic E-state index is 0.591. The highest BCUT2D eigenvalue weighted by molar-refractivity contribution is 5.96. The van der Waals surface area contributed by atoms with E-state index < -0.39 is 5.41 Å². The molecule has 8 aromatic carbocycles. The number of hydrogen-bond donors (Lipinski definition) is 0. The number of rotatable bonds is 6. The Morgan fingerprint density at radius 3 is 1.52 bits per heavy atom. The molecule has 1 spiro atoms. The molecule has 12 rings (SSSR count). The van der Waals surface area contributed by atoms with Crippen molar-refractivity contribution in [3.8, 4) is 95.6 Å². The van der Waals surface area contributed by atoms with Crippen molar-refractivity contribution in [2.75, 3.05) is 0 Å². The van der Waals surface area contributed by atoms with Gasteiger partial charge in [0.15, 0.2) is 5.82 Å². The van der Waals surface area contributed by atoms with Crippen molar-refractivity contribution >= 4 is 0 Å². The molecule has 0 aliphatic heterocycles. The minimum atomic E-state index is -0.591. The fourth-order valence-electron chi connectivity index (χ4n) is 9.95. The SMILES string of the molecule is N#Cc1ccc2c(c1)C1(c3ccccc3-c3ccccc31)c1cc(-c3cc(-c4cccnc4)cc(-c4cc(-c5ccccc5)nc(-c5ccc(-c6ccccc6)cc5)n4)c3)ccc1-2. The lowest BCUT2D eigenvalue weighted by molar-refractivity contribution is 0.793. The summed E-state index contributed by atoms with van der Waals surface area (Å²) in [5.74, 6) is 0.659. The molecule has 4 heteroatoms. The zero-order chi connectivity index (χ0) is 41.9. The third kappa shape index (κ3) is 5.86. The molecule has 4 nitrogen and oxygen atoms in total. The first-order valence-electron chi connectivity index (χ1n) is 21.2. The maximum Gasteiger partial charge on any atom is 0.160 e. The van der Waals surface area contributed by atoms with Crippen LogP contribution in [0.15, 0.2) is 219 Å². The number of nitriles is 1. The number of pyridine rings is 1. The van der Waals surface area contributed by atoms with Crippen LogP contribution in [0.3, 0.4) is 0 Å². The average Bonchev–Trinajstić information content (AvgIpc) is 3.83. The third-order valence-electron chi connectivity index (χ3n) is 12.8. The third-order valence-corrected chi connectivity index (χ3v) is 12.8. The Hall–Kier alpha value is -8.52. The summed E-state index contributed by atoms with van der Waals surface area (Å²) >= 11 is 0. The van der Waals surface area contributed by atoms with Gasteiger partial charge in [0, 0.05) is 34.6 Å². The van der Waals surface area contributed by atoms with E-state index in [2.05, 4.69) is 181 Å². The molecular weight excluding hydrogens is 765 g/mol.